The first-order valence-electron chi connectivity index (χ1n) is 11.5. The largest absolute Gasteiger partial charge is 0.487 e. The van der Waals surface area contributed by atoms with Crippen LogP contribution in [0.5, 0.6) is 5.75 Å². The van der Waals surface area contributed by atoms with Crippen molar-refractivity contribution >= 4 is 5.96 Å². The maximum Gasteiger partial charge on any atom is 0.191 e. The molecule has 1 aromatic rings. The molecule has 4 fully saturated rings. The van der Waals surface area contributed by atoms with Crippen molar-refractivity contribution in [1.29, 1.82) is 0 Å². The van der Waals surface area contributed by atoms with Crippen LogP contribution in [0, 0.1) is 0 Å². The van der Waals surface area contributed by atoms with Gasteiger partial charge in [0.15, 0.2) is 5.96 Å². The lowest BCUT2D eigenvalue weighted by molar-refractivity contribution is 0.0173. The highest BCUT2D eigenvalue weighted by atomic mass is 16.5. The van der Waals surface area contributed by atoms with Gasteiger partial charge in [0.1, 0.15) is 11.4 Å². The molecule has 1 aromatic carbocycles. The normalized spacial score (nSPS) is 32.7. The number of rotatable bonds is 4. The van der Waals surface area contributed by atoms with E-state index in [-0.39, 0.29) is 11.6 Å². The molecule has 5 aliphatic rings. The van der Waals surface area contributed by atoms with Gasteiger partial charge in [-0.15, -0.1) is 0 Å². The summed E-state index contributed by atoms with van der Waals surface area (Å²) in [4.78, 5) is 10.2. The number of guanidine groups is 1. The Labute approximate surface area is 174 Å². The first kappa shape index (κ1) is 19.2. The fraction of sp³-hybridized carbons (Fsp3) is 0.696. The molecular formula is C23H35N5O. The summed E-state index contributed by atoms with van der Waals surface area (Å²) in [6, 6.07) is 9.35. The van der Waals surface area contributed by atoms with Crippen LogP contribution < -0.4 is 15.4 Å². The monoisotopic (exact) mass is 397 g/mol. The molecule has 158 valence electrons. The molecule has 1 aliphatic carbocycles. The molecule has 29 heavy (non-hydrogen) atoms. The fourth-order valence-corrected chi connectivity index (χ4v) is 5.65. The summed E-state index contributed by atoms with van der Waals surface area (Å²) >= 11 is 0. The Morgan fingerprint density at radius 3 is 2.69 bits per heavy atom. The lowest BCUT2D eigenvalue weighted by Gasteiger charge is -2.47. The predicted octanol–water partition coefficient (Wildman–Crippen LogP) is 2.38. The fourth-order valence-electron chi connectivity index (χ4n) is 5.65. The van der Waals surface area contributed by atoms with Gasteiger partial charge in [-0.3, -0.25) is 14.8 Å². The SMILES string of the molecule is CCNC(=NCC1CN2CCN1CC2)NC1CC2(CCCC2)Oc2ccccc21. The molecule has 0 aromatic heterocycles. The maximum atomic E-state index is 6.53. The number of hydrogen-bond acceptors (Lipinski definition) is 4. The van der Waals surface area contributed by atoms with Crippen LogP contribution in [0.3, 0.4) is 0 Å². The van der Waals surface area contributed by atoms with Gasteiger partial charge >= 0.3 is 0 Å². The zero-order valence-corrected chi connectivity index (χ0v) is 17.7. The van der Waals surface area contributed by atoms with Gasteiger partial charge in [-0.25, -0.2) is 0 Å². The van der Waals surface area contributed by atoms with Crippen molar-refractivity contribution in [1.82, 2.24) is 20.4 Å². The Bertz CT molecular complexity index is 737. The number of ether oxygens (including phenoxy) is 1. The van der Waals surface area contributed by atoms with Gasteiger partial charge in [0.2, 0.25) is 0 Å². The van der Waals surface area contributed by atoms with Crippen molar-refractivity contribution in [3.63, 3.8) is 0 Å². The number of fused-ring (bicyclic) bond motifs is 4. The molecule has 4 aliphatic heterocycles. The molecule has 6 nitrogen and oxygen atoms in total. The van der Waals surface area contributed by atoms with Crippen LogP contribution in [0.1, 0.15) is 50.6 Å². The quantitative estimate of drug-likeness (QED) is 0.604. The van der Waals surface area contributed by atoms with Crippen LogP contribution in [0.2, 0.25) is 0 Å². The standard InChI is InChI=1S/C23H35N5O/c1-2-24-22(25-16-18-17-27-11-13-28(18)14-12-27)26-20-15-23(9-5-6-10-23)29-21-8-4-3-7-19(20)21/h3-4,7-8,18,20H,2,5-6,9-17H2,1H3,(H2,24,25,26). The number of benzene rings is 1. The molecule has 2 atom stereocenters. The Hall–Kier alpha value is -1.79. The Kier molecular flexibility index (Phi) is 5.39. The summed E-state index contributed by atoms with van der Waals surface area (Å²) < 4.78 is 6.53. The smallest absolute Gasteiger partial charge is 0.191 e. The van der Waals surface area contributed by atoms with E-state index in [2.05, 4.69) is 51.6 Å². The summed E-state index contributed by atoms with van der Waals surface area (Å²) in [5.74, 6) is 2.00. The average Bonchev–Trinajstić information content (AvgIpc) is 3.20. The number of para-hydroxylation sites is 1. The van der Waals surface area contributed by atoms with Gasteiger partial charge in [0.05, 0.1) is 12.6 Å². The molecule has 0 amide bonds. The molecule has 2 N–H and O–H groups in total. The lowest BCUT2D eigenvalue weighted by Crippen LogP contribution is -2.62. The third-order valence-electron chi connectivity index (χ3n) is 7.22. The molecule has 2 unspecified atom stereocenters. The lowest BCUT2D eigenvalue weighted by atomic mass is 9.86. The van der Waals surface area contributed by atoms with E-state index in [0.717, 1.165) is 37.8 Å². The minimum absolute atomic E-state index is 0.00481. The van der Waals surface area contributed by atoms with Gasteiger partial charge in [-0.1, -0.05) is 18.2 Å². The molecule has 1 spiro atoms. The van der Waals surface area contributed by atoms with E-state index in [4.69, 9.17) is 9.73 Å². The second-order valence-electron chi connectivity index (χ2n) is 9.14. The van der Waals surface area contributed by atoms with Crippen molar-refractivity contribution in [2.45, 2.75) is 56.7 Å². The van der Waals surface area contributed by atoms with Gasteiger partial charge in [0, 0.05) is 57.3 Å². The van der Waals surface area contributed by atoms with E-state index in [9.17, 15) is 0 Å². The van der Waals surface area contributed by atoms with Gasteiger partial charge in [-0.05, 0) is 38.7 Å². The number of piperazine rings is 3. The first-order chi connectivity index (χ1) is 14.2. The molecule has 1 saturated carbocycles. The highest BCUT2D eigenvalue weighted by molar-refractivity contribution is 5.80. The van der Waals surface area contributed by atoms with Crippen molar-refractivity contribution < 1.29 is 4.74 Å². The van der Waals surface area contributed by atoms with Crippen LogP contribution in [0.25, 0.3) is 0 Å². The molecule has 2 bridgehead atoms. The van der Waals surface area contributed by atoms with Gasteiger partial charge in [0.25, 0.3) is 0 Å². The number of aliphatic imine (C=N–C) groups is 1. The molecular weight excluding hydrogens is 362 g/mol. The number of hydrogen-bond donors (Lipinski definition) is 2. The van der Waals surface area contributed by atoms with Crippen LogP contribution in [-0.2, 0) is 0 Å². The van der Waals surface area contributed by atoms with Gasteiger partial charge in [-0.2, -0.15) is 0 Å². The van der Waals surface area contributed by atoms with Crippen molar-refractivity contribution in [2.24, 2.45) is 4.99 Å². The van der Waals surface area contributed by atoms with Crippen molar-refractivity contribution in [3.05, 3.63) is 29.8 Å². The predicted molar refractivity (Wildman–Crippen MR) is 117 cm³/mol. The number of nitrogens with zero attached hydrogens (tertiary/aromatic N) is 3. The van der Waals surface area contributed by atoms with E-state index in [0.29, 0.717) is 6.04 Å². The van der Waals surface area contributed by atoms with Crippen molar-refractivity contribution in [2.75, 3.05) is 45.8 Å². The van der Waals surface area contributed by atoms with Crippen molar-refractivity contribution in [3.8, 4) is 5.75 Å². The van der Waals surface area contributed by atoms with Gasteiger partial charge < -0.3 is 15.4 Å². The third kappa shape index (κ3) is 3.97. The zero-order chi connectivity index (χ0) is 19.7. The Morgan fingerprint density at radius 1 is 1.17 bits per heavy atom. The highest BCUT2D eigenvalue weighted by Crippen LogP contribution is 2.46. The molecule has 3 saturated heterocycles. The molecule has 6 rings (SSSR count). The summed E-state index contributed by atoms with van der Waals surface area (Å²) in [6.45, 7) is 9.88. The van der Waals surface area contributed by atoms with E-state index < -0.39 is 0 Å². The molecule has 0 radical (unpaired) electrons. The second-order valence-corrected chi connectivity index (χ2v) is 9.14. The third-order valence-corrected chi connectivity index (χ3v) is 7.22. The Balaban J connectivity index is 1.33. The minimum atomic E-state index is 0.00481. The zero-order valence-electron chi connectivity index (χ0n) is 17.7. The molecule has 6 heteroatoms. The highest BCUT2D eigenvalue weighted by Gasteiger charge is 2.43. The topological polar surface area (TPSA) is 52.1 Å². The first-order valence-corrected chi connectivity index (χ1v) is 11.5. The summed E-state index contributed by atoms with van der Waals surface area (Å²) in [7, 11) is 0. The van der Waals surface area contributed by atoms with E-state index in [1.165, 1.54) is 57.4 Å². The van der Waals surface area contributed by atoms with E-state index >= 15 is 0 Å². The van der Waals surface area contributed by atoms with Crippen LogP contribution in [-0.4, -0.2) is 73.2 Å². The van der Waals surface area contributed by atoms with Crippen LogP contribution in [0.15, 0.2) is 29.3 Å². The van der Waals surface area contributed by atoms with Crippen LogP contribution >= 0.6 is 0 Å². The van der Waals surface area contributed by atoms with Crippen LogP contribution in [0.4, 0.5) is 0 Å². The maximum absolute atomic E-state index is 6.53. The second kappa shape index (κ2) is 8.15. The summed E-state index contributed by atoms with van der Waals surface area (Å²) in [6.07, 6.45) is 5.91. The molecule has 4 heterocycles. The Morgan fingerprint density at radius 2 is 1.97 bits per heavy atom. The average molecular weight is 398 g/mol. The van der Waals surface area contributed by atoms with E-state index in [1.807, 2.05) is 0 Å². The minimum Gasteiger partial charge on any atom is -0.487 e. The number of nitrogens with one attached hydrogen (secondary N) is 2. The summed E-state index contributed by atoms with van der Waals surface area (Å²) in [5.41, 5.74) is 1.27. The van der Waals surface area contributed by atoms with E-state index in [1.54, 1.807) is 0 Å². The summed E-state index contributed by atoms with van der Waals surface area (Å²) in [5, 5.41) is 7.26.